The van der Waals surface area contributed by atoms with Gasteiger partial charge in [0.2, 0.25) is 0 Å². The topological polar surface area (TPSA) is 47.9 Å². The molecule has 3 N–H and O–H groups in total. The predicted octanol–water partition coefficient (Wildman–Crippen LogP) is 5.32. The fraction of sp³-hybridized carbons (Fsp3) is 0.375. The van der Waals surface area contributed by atoms with Gasteiger partial charge in [0.15, 0.2) is 0 Å². The molecule has 30 heavy (non-hydrogen) atoms. The molecule has 0 spiro atoms. The number of allylic oxidation sites excluding steroid dienone is 1. The molecule has 0 radical (unpaired) electrons. The van der Waals surface area contributed by atoms with Crippen LogP contribution in [0.25, 0.3) is 0 Å². The first kappa shape index (κ1) is 21.1. The molecule has 1 heterocycles. The van der Waals surface area contributed by atoms with Crippen LogP contribution in [0, 0.1) is 23.0 Å². The Balaban J connectivity index is 1.65. The van der Waals surface area contributed by atoms with E-state index in [9.17, 15) is 8.78 Å². The van der Waals surface area contributed by atoms with E-state index in [-0.39, 0.29) is 10.6 Å². The lowest BCUT2D eigenvalue weighted by molar-refractivity contribution is 0.432. The Labute approximate surface area is 180 Å². The Hall–Kier alpha value is -2.18. The van der Waals surface area contributed by atoms with E-state index >= 15 is 0 Å². The molecule has 1 saturated heterocycles. The fourth-order valence-electron chi connectivity index (χ4n) is 4.53. The third-order valence-corrected chi connectivity index (χ3v) is 7.25. The summed E-state index contributed by atoms with van der Waals surface area (Å²) in [6.07, 6.45) is 4.70. The molecule has 0 bridgehead atoms. The molecule has 2 aromatic rings. The third kappa shape index (κ3) is 4.44. The summed E-state index contributed by atoms with van der Waals surface area (Å²) in [5.41, 5.74) is 3.26. The van der Waals surface area contributed by atoms with E-state index in [0.29, 0.717) is 5.92 Å². The van der Waals surface area contributed by atoms with E-state index < -0.39 is 16.5 Å². The highest BCUT2D eigenvalue weighted by Gasteiger charge is 2.39. The van der Waals surface area contributed by atoms with Crippen molar-refractivity contribution in [3.8, 4) is 0 Å². The Morgan fingerprint density at radius 2 is 2.10 bits per heavy atom. The lowest BCUT2D eigenvalue weighted by Crippen LogP contribution is -2.43. The highest BCUT2D eigenvalue weighted by molar-refractivity contribution is 8.15. The van der Waals surface area contributed by atoms with Crippen LogP contribution in [-0.2, 0) is 11.3 Å². The second-order valence-electron chi connectivity index (χ2n) is 8.18. The summed E-state index contributed by atoms with van der Waals surface area (Å²) in [6, 6.07) is 11.5. The van der Waals surface area contributed by atoms with Crippen LogP contribution in [0.5, 0.6) is 0 Å². The Morgan fingerprint density at radius 1 is 1.27 bits per heavy atom. The van der Waals surface area contributed by atoms with Crippen LogP contribution in [0.3, 0.4) is 0 Å². The number of fused-ring (bicyclic) bond motifs is 1. The second kappa shape index (κ2) is 8.90. The number of rotatable bonds is 6. The lowest BCUT2D eigenvalue weighted by Gasteiger charge is -2.41. The number of thioether (sulfide) groups is 1. The number of halogens is 2. The molecule has 2 atom stereocenters. The van der Waals surface area contributed by atoms with Crippen LogP contribution >= 0.6 is 11.8 Å². The van der Waals surface area contributed by atoms with Crippen molar-refractivity contribution in [2.75, 3.05) is 13.1 Å². The molecule has 0 saturated carbocycles. The van der Waals surface area contributed by atoms with Crippen LogP contribution in [0.15, 0.2) is 54.7 Å². The summed E-state index contributed by atoms with van der Waals surface area (Å²) >= 11 is 1.26. The summed E-state index contributed by atoms with van der Waals surface area (Å²) in [6.45, 7) is 6.30. The fourth-order valence-corrected chi connectivity index (χ4v) is 5.90. The number of benzene rings is 2. The molecule has 4 rings (SSSR count). The van der Waals surface area contributed by atoms with Crippen molar-refractivity contribution in [2.24, 2.45) is 5.92 Å². The molecule has 2 aromatic carbocycles. The molecule has 2 unspecified atom stereocenters. The molecule has 158 valence electrons. The number of nitrogens with one attached hydrogen (secondary N) is 3. The quantitative estimate of drug-likeness (QED) is 0.332. The van der Waals surface area contributed by atoms with Crippen molar-refractivity contribution in [1.29, 1.82) is 5.41 Å². The van der Waals surface area contributed by atoms with Crippen LogP contribution in [0.2, 0.25) is 0 Å². The Morgan fingerprint density at radius 3 is 2.90 bits per heavy atom. The molecule has 0 aromatic heterocycles. The van der Waals surface area contributed by atoms with Crippen molar-refractivity contribution in [3.05, 3.63) is 83.1 Å². The van der Waals surface area contributed by atoms with Crippen molar-refractivity contribution < 1.29 is 8.78 Å². The molecule has 1 aliphatic heterocycles. The van der Waals surface area contributed by atoms with Gasteiger partial charge in [0.1, 0.15) is 16.5 Å². The van der Waals surface area contributed by atoms with E-state index in [1.54, 1.807) is 0 Å². The van der Waals surface area contributed by atoms with E-state index in [1.807, 2.05) is 12.1 Å². The number of hydrogen-bond donors (Lipinski definition) is 3. The van der Waals surface area contributed by atoms with Gasteiger partial charge in [-0.2, -0.15) is 0 Å². The molecule has 2 aliphatic rings. The van der Waals surface area contributed by atoms with Crippen LogP contribution in [-0.4, -0.2) is 18.1 Å². The van der Waals surface area contributed by atoms with Crippen LogP contribution in [0.1, 0.15) is 42.4 Å². The van der Waals surface area contributed by atoms with Crippen LogP contribution < -0.4 is 10.6 Å². The van der Waals surface area contributed by atoms with Gasteiger partial charge in [-0.1, -0.05) is 42.6 Å². The Bertz CT molecular complexity index is 955. The van der Waals surface area contributed by atoms with Crippen molar-refractivity contribution >= 4 is 16.8 Å². The maximum absolute atomic E-state index is 14.4. The molecule has 6 heteroatoms. The predicted molar refractivity (Wildman–Crippen MR) is 120 cm³/mol. The SMILES string of the molecule is C=C(CC1CCNC1)NC1(SC(=N)c2cc(F)ccc2F)CCCc2ccccc21. The first-order valence-corrected chi connectivity index (χ1v) is 11.3. The third-order valence-electron chi connectivity index (χ3n) is 5.95. The standard InChI is InChI=1S/C24H27F2N3S/c1-16(13-17-10-12-28-15-17)29-24(11-4-6-18-5-2-3-7-21(18)24)30-23(27)20-14-19(25)8-9-22(20)26/h2-3,5,7-9,14,17,27-29H,1,4,6,10-13,15H2. The minimum Gasteiger partial charge on any atom is -0.371 e. The van der Waals surface area contributed by atoms with E-state index in [4.69, 9.17) is 5.41 Å². The molecule has 3 nitrogen and oxygen atoms in total. The van der Waals surface area contributed by atoms with Gasteiger partial charge in [-0.3, -0.25) is 5.41 Å². The Kier molecular flexibility index (Phi) is 6.25. The first-order chi connectivity index (χ1) is 14.5. The van der Waals surface area contributed by atoms with Gasteiger partial charge < -0.3 is 10.6 Å². The largest absolute Gasteiger partial charge is 0.371 e. The van der Waals surface area contributed by atoms with Crippen molar-refractivity contribution in [2.45, 2.75) is 37.0 Å². The summed E-state index contributed by atoms with van der Waals surface area (Å²) in [5.74, 6) is -0.573. The number of aryl methyl sites for hydroxylation is 1. The lowest BCUT2D eigenvalue weighted by atomic mass is 9.86. The summed E-state index contributed by atoms with van der Waals surface area (Å²) in [4.78, 5) is -0.617. The molecular formula is C24H27F2N3S. The zero-order valence-electron chi connectivity index (χ0n) is 16.9. The van der Waals surface area contributed by atoms with Crippen molar-refractivity contribution in [1.82, 2.24) is 10.6 Å². The maximum atomic E-state index is 14.4. The van der Waals surface area contributed by atoms with Gasteiger partial charge >= 0.3 is 0 Å². The minimum atomic E-state index is -0.617. The summed E-state index contributed by atoms with van der Waals surface area (Å²) < 4.78 is 28.1. The average Bonchev–Trinajstić information content (AvgIpc) is 3.23. The van der Waals surface area contributed by atoms with Gasteiger partial charge in [0.25, 0.3) is 0 Å². The molecule has 1 aliphatic carbocycles. The normalized spacial score (nSPS) is 23.1. The van der Waals surface area contributed by atoms with Gasteiger partial charge in [0.05, 0.1) is 5.04 Å². The minimum absolute atomic E-state index is 0.00478. The van der Waals surface area contributed by atoms with Crippen LogP contribution in [0.4, 0.5) is 8.78 Å². The van der Waals surface area contributed by atoms with Gasteiger partial charge in [-0.05, 0) is 80.4 Å². The zero-order valence-corrected chi connectivity index (χ0v) is 17.8. The highest BCUT2D eigenvalue weighted by atomic mass is 32.2. The van der Waals surface area contributed by atoms with E-state index in [0.717, 1.165) is 74.7 Å². The number of hydrogen-bond acceptors (Lipinski definition) is 4. The highest BCUT2D eigenvalue weighted by Crippen LogP contribution is 2.46. The van der Waals surface area contributed by atoms with E-state index in [2.05, 4.69) is 29.3 Å². The molecule has 1 fully saturated rings. The van der Waals surface area contributed by atoms with E-state index in [1.165, 1.54) is 17.3 Å². The average molecular weight is 428 g/mol. The van der Waals surface area contributed by atoms with Gasteiger partial charge in [-0.15, -0.1) is 0 Å². The summed E-state index contributed by atoms with van der Waals surface area (Å²) in [5, 5.41) is 15.7. The summed E-state index contributed by atoms with van der Waals surface area (Å²) in [7, 11) is 0. The van der Waals surface area contributed by atoms with Gasteiger partial charge in [0, 0.05) is 11.3 Å². The molecular weight excluding hydrogens is 400 g/mol. The first-order valence-electron chi connectivity index (χ1n) is 10.4. The molecule has 0 amide bonds. The second-order valence-corrected chi connectivity index (χ2v) is 9.49. The zero-order chi connectivity index (χ0) is 21.1. The smallest absolute Gasteiger partial charge is 0.133 e. The van der Waals surface area contributed by atoms with Crippen molar-refractivity contribution in [3.63, 3.8) is 0 Å². The van der Waals surface area contributed by atoms with Gasteiger partial charge in [-0.25, -0.2) is 8.78 Å². The monoisotopic (exact) mass is 427 g/mol. The maximum Gasteiger partial charge on any atom is 0.133 e.